The van der Waals surface area contributed by atoms with E-state index in [1.165, 1.54) is 23.1 Å². The third-order valence-electron chi connectivity index (χ3n) is 3.00. The fourth-order valence-corrected chi connectivity index (χ4v) is 1.89. The van der Waals surface area contributed by atoms with E-state index >= 15 is 0 Å². The minimum Gasteiger partial charge on any atom is -0.450 e. The van der Waals surface area contributed by atoms with Crippen LogP contribution in [0.5, 0.6) is 11.5 Å². The summed E-state index contributed by atoms with van der Waals surface area (Å²) < 4.78 is 5.52. The van der Waals surface area contributed by atoms with Crippen molar-refractivity contribution in [2.45, 2.75) is 0 Å². The third-order valence-corrected chi connectivity index (χ3v) is 3.00. The summed E-state index contributed by atoms with van der Waals surface area (Å²) in [5, 5.41) is 19.9. The van der Waals surface area contributed by atoms with Crippen molar-refractivity contribution < 1.29 is 14.5 Å². The molecule has 0 aliphatic carbocycles. The fourth-order valence-electron chi connectivity index (χ4n) is 1.89. The van der Waals surface area contributed by atoms with Gasteiger partial charge in [0.2, 0.25) is 5.75 Å². The molecule has 1 amide bonds. The van der Waals surface area contributed by atoms with Gasteiger partial charge >= 0.3 is 5.69 Å². The molecule has 0 saturated heterocycles. The average Bonchev–Trinajstić information content (AvgIpc) is 2.54. The molecule has 2 aromatic carbocycles. The van der Waals surface area contributed by atoms with Gasteiger partial charge in [-0.25, -0.2) is 0 Å². The maximum absolute atomic E-state index is 11.9. The van der Waals surface area contributed by atoms with Gasteiger partial charge < -0.3 is 9.64 Å². The molecule has 0 atom stereocenters. The van der Waals surface area contributed by atoms with E-state index in [1.807, 2.05) is 6.07 Å². The molecule has 0 aromatic heterocycles. The van der Waals surface area contributed by atoms with Crippen LogP contribution in [-0.2, 0) is 0 Å². The lowest BCUT2D eigenvalue weighted by molar-refractivity contribution is -0.385. The van der Waals surface area contributed by atoms with Crippen LogP contribution >= 0.6 is 0 Å². The summed E-state index contributed by atoms with van der Waals surface area (Å²) in [5.41, 5.74) is 0.262. The maximum atomic E-state index is 11.9. The second-order valence-corrected chi connectivity index (χ2v) is 4.88. The Kier molecular flexibility index (Phi) is 4.57. The second kappa shape index (κ2) is 6.58. The summed E-state index contributed by atoms with van der Waals surface area (Å²) in [7, 11) is 3.25. The molecular weight excluding hydrogens is 298 g/mol. The van der Waals surface area contributed by atoms with Crippen LogP contribution in [-0.4, -0.2) is 29.8 Å². The first-order valence-electron chi connectivity index (χ1n) is 6.60. The Morgan fingerprint density at radius 3 is 2.61 bits per heavy atom. The standard InChI is InChI=1S/C16H13N3O4/c1-18(2)16(20)12-4-3-5-13(9-12)23-15-7-6-11(10-17)8-14(15)19(21)22/h3-9H,1-2H3. The predicted octanol–water partition coefficient (Wildman–Crippen LogP) is 2.96. The van der Waals surface area contributed by atoms with Gasteiger partial charge in [0.1, 0.15) is 5.75 Å². The molecular formula is C16H13N3O4. The highest BCUT2D eigenvalue weighted by molar-refractivity contribution is 5.94. The highest BCUT2D eigenvalue weighted by atomic mass is 16.6. The first kappa shape index (κ1) is 16.0. The van der Waals surface area contributed by atoms with E-state index in [9.17, 15) is 14.9 Å². The highest BCUT2D eigenvalue weighted by Gasteiger charge is 2.17. The van der Waals surface area contributed by atoms with Crippen molar-refractivity contribution >= 4 is 11.6 Å². The Labute approximate surface area is 132 Å². The van der Waals surface area contributed by atoms with Crippen molar-refractivity contribution in [2.24, 2.45) is 0 Å². The normalized spacial score (nSPS) is 9.78. The maximum Gasteiger partial charge on any atom is 0.312 e. The van der Waals surface area contributed by atoms with E-state index in [0.717, 1.165) is 6.07 Å². The first-order chi connectivity index (χ1) is 10.9. The Morgan fingerprint density at radius 1 is 1.26 bits per heavy atom. The van der Waals surface area contributed by atoms with Gasteiger partial charge in [0.05, 0.1) is 16.6 Å². The zero-order valence-corrected chi connectivity index (χ0v) is 12.5. The van der Waals surface area contributed by atoms with Crippen molar-refractivity contribution in [1.29, 1.82) is 5.26 Å². The smallest absolute Gasteiger partial charge is 0.312 e. The fraction of sp³-hybridized carbons (Fsp3) is 0.125. The minimum atomic E-state index is -0.620. The molecule has 7 nitrogen and oxygen atoms in total. The molecule has 2 aromatic rings. The quantitative estimate of drug-likeness (QED) is 0.638. The van der Waals surface area contributed by atoms with Gasteiger partial charge in [-0.15, -0.1) is 0 Å². The lowest BCUT2D eigenvalue weighted by Gasteiger charge is -2.11. The van der Waals surface area contributed by atoms with Crippen LogP contribution in [0, 0.1) is 21.4 Å². The molecule has 2 rings (SSSR count). The highest BCUT2D eigenvalue weighted by Crippen LogP contribution is 2.32. The van der Waals surface area contributed by atoms with E-state index in [0.29, 0.717) is 11.3 Å². The lowest BCUT2D eigenvalue weighted by atomic mass is 10.2. The van der Waals surface area contributed by atoms with Crippen molar-refractivity contribution in [3.63, 3.8) is 0 Å². The van der Waals surface area contributed by atoms with Crippen LogP contribution in [0.15, 0.2) is 42.5 Å². The third kappa shape index (κ3) is 3.63. The average molecular weight is 311 g/mol. The lowest BCUT2D eigenvalue weighted by Crippen LogP contribution is -2.21. The molecule has 0 fully saturated rings. The van der Waals surface area contributed by atoms with E-state index < -0.39 is 4.92 Å². The Bertz CT molecular complexity index is 809. The molecule has 7 heteroatoms. The Hall–Kier alpha value is -3.40. The van der Waals surface area contributed by atoms with Gasteiger partial charge in [-0.2, -0.15) is 5.26 Å². The van der Waals surface area contributed by atoms with Crippen LogP contribution in [0.4, 0.5) is 5.69 Å². The summed E-state index contributed by atoms with van der Waals surface area (Å²) in [5.74, 6) is 0.0961. The molecule has 0 N–H and O–H groups in total. The molecule has 0 unspecified atom stereocenters. The Morgan fingerprint density at radius 2 is 2.00 bits per heavy atom. The summed E-state index contributed by atoms with van der Waals surface area (Å²) in [6.45, 7) is 0. The number of carbonyl (C=O) groups excluding carboxylic acids is 1. The zero-order valence-electron chi connectivity index (χ0n) is 12.5. The van der Waals surface area contributed by atoms with E-state index in [1.54, 1.807) is 32.3 Å². The molecule has 0 heterocycles. The molecule has 23 heavy (non-hydrogen) atoms. The van der Waals surface area contributed by atoms with Gasteiger partial charge in [0, 0.05) is 25.7 Å². The van der Waals surface area contributed by atoms with Crippen molar-refractivity contribution in [2.75, 3.05) is 14.1 Å². The summed E-state index contributed by atoms with van der Waals surface area (Å²) in [4.78, 5) is 23.8. The van der Waals surface area contributed by atoms with Gasteiger partial charge in [-0.1, -0.05) is 6.07 Å². The van der Waals surface area contributed by atoms with E-state index in [2.05, 4.69) is 0 Å². The van der Waals surface area contributed by atoms with Crippen LogP contribution in [0.25, 0.3) is 0 Å². The number of nitro benzene ring substituents is 1. The van der Waals surface area contributed by atoms with Gasteiger partial charge in [0.15, 0.2) is 0 Å². The van der Waals surface area contributed by atoms with Crippen molar-refractivity contribution in [3.05, 3.63) is 63.7 Å². The number of carbonyl (C=O) groups is 1. The van der Waals surface area contributed by atoms with Crippen LogP contribution in [0.2, 0.25) is 0 Å². The number of amides is 1. The van der Waals surface area contributed by atoms with Crippen molar-refractivity contribution in [3.8, 4) is 17.6 Å². The summed E-state index contributed by atoms with van der Waals surface area (Å²) >= 11 is 0. The first-order valence-corrected chi connectivity index (χ1v) is 6.60. The number of nitrogens with zero attached hydrogens (tertiary/aromatic N) is 3. The minimum absolute atomic E-state index is 0.00320. The molecule has 0 saturated carbocycles. The largest absolute Gasteiger partial charge is 0.450 e. The van der Waals surface area contributed by atoms with E-state index in [-0.39, 0.29) is 22.9 Å². The second-order valence-electron chi connectivity index (χ2n) is 4.88. The van der Waals surface area contributed by atoms with Gasteiger partial charge in [-0.3, -0.25) is 14.9 Å². The summed E-state index contributed by atoms with van der Waals surface area (Å²) in [6.07, 6.45) is 0. The molecule has 0 aliphatic heterocycles. The topological polar surface area (TPSA) is 96.5 Å². The van der Waals surface area contributed by atoms with Crippen LogP contribution in [0.3, 0.4) is 0 Å². The number of nitriles is 1. The van der Waals surface area contributed by atoms with Gasteiger partial charge in [-0.05, 0) is 30.3 Å². The number of ether oxygens (including phenoxy) is 1. The van der Waals surface area contributed by atoms with Crippen molar-refractivity contribution in [1.82, 2.24) is 4.90 Å². The number of benzene rings is 2. The number of nitro groups is 1. The monoisotopic (exact) mass is 311 g/mol. The molecule has 0 aliphatic rings. The molecule has 0 radical (unpaired) electrons. The molecule has 0 bridgehead atoms. The SMILES string of the molecule is CN(C)C(=O)c1cccc(Oc2ccc(C#N)cc2[N+](=O)[O-])c1. The number of hydrogen-bond donors (Lipinski definition) is 0. The number of hydrogen-bond acceptors (Lipinski definition) is 5. The van der Waals surface area contributed by atoms with Crippen LogP contribution in [0.1, 0.15) is 15.9 Å². The molecule has 116 valence electrons. The Balaban J connectivity index is 2.37. The van der Waals surface area contributed by atoms with Crippen LogP contribution < -0.4 is 4.74 Å². The predicted molar refractivity (Wildman–Crippen MR) is 82.3 cm³/mol. The number of rotatable bonds is 4. The zero-order chi connectivity index (χ0) is 17.0. The summed E-state index contributed by atoms with van der Waals surface area (Å²) in [6, 6.07) is 12.1. The van der Waals surface area contributed by atoms with Gasteiger partial charge in [0.25, 0.3) is 5.91 Å². The van der Waals surface area contributed by atoms with E-state index in [4.69, 9.17) is 10.00 Å². The molecule has 0 spiro atoms.